The number of carbonyl (C=O) groups excluding carboxylic acids is 2. The molecule has 0 radical (unpaired) electrons. The summed E-state index contributed by atoms with van der Waals surface area (Å²) in [4.78, 5) is 26.8. The van der Waals surface area contributed by atoms with E-state index in [4.69, 9.17) is 10.5 Å². The van der Waals surface area contributed by atoms with Crippen LogP contribution in [0.4, 0.5) is 0 Å². The molecular formula is C42H52N2O3. The van der Waals surface area contributed by atoms with E-state index in [1.807, 2.05) is 48.5 Å². The minimum absolute atomic E-state index is 0.00521. The number of nitrogens with two attached hydrogens (primary N) is 1. The topological polar surface area (TPSA) is 81.4 Å². The first-order valence-electron chi connectivity index (χ1n) is 17.3. The number of unbranched alkanes of at least 4 members (excludes halogenated alkanes) is 2. The van der Waals surface area contributed by atoms with Gasteiger partial charge in [-0.05, 0) is 97.9 Å². The Hall–Kier alpha value is -4.22. The first-order chi connectivity index (χ1) is 22.7. The highest BCUT2D eigenvalue weighted by molar-refractivity contribution is 5.92. The first kappa shape index (κ1) is 35.6. The SMILES string of the molecule is CCCCCOc1ccc(-c2ccc(C[C@H](N)C(=O)N[C@@H](CCCc3cc(C)cc(C)c3)C(=O)Cc3ccccc3)cc2)c(CC)c1. The van der Waals surface area contributed by atoms with Gasteiger partial charge in [0.25, 0.3) is 0 Å². The molecule has 4 rings (SSSR count). The Balaban J connectivity index is 1.38. The Morgan fingerprint density at radius 3 is 2.19 bits per heavy atom. The van der Waals surface area contributed by atoms with Crippen LogP contribution >= 0.6 is 0 Å². The van der Waals surface area contributed by atoms with Gasteiger partial charge in [0.1, 0.15) is 5.75 Å². The number of benzene rings is 4. The van der Waals surface area contributed by atoms with Gasteiger partial charge >= 0.3 is 0 Å². The van der Waals surface area contributed by atoms with E-state index in [1.54, 1.807) is 0 Å². The fourth-order valence-electron chi connectivity index (χ4n) is 6.18. The van der Waals surface area contributed by atoms with E-state index in [9.17, 15) is 9.59 Å². The quantitative estimate of drug-likeness (QED) is 0.108. The standard InChI is InChI=1S/C42H52N2O3/c1-5-7-11-23-47-37-21-22-38(35(6-2)29-37)36-19-17-33(18-20-36)27-39(43)42(46)44-40(41(45)28-32-13-9-8-10-14-32)16-12-15-34-25-30(3)24-31(4)26-34/h8-10,13-14,17-22,24-26,29,39-40H,5-7,11-12,15-16,23,27-28,43H2,1-4H3,(H,44,46)/t39-,40-/m0/s1. The lowest BCUT2D eigenvalue weighted by molar-refractivity contribution is -0.128. The number of rotatable bonds is 18. The van der Waals surface area contributed by atoms with Gasteiger partial charge in [-0.15, -0.1) is 0 Å². The molecular weight excluding hydrogens is 580 g/mol. The van der Waals surface area contributed by atoms with Crippen molar-refractivity contribution < 1.29 is 14.3 Å². The molecule has 0 aliphatic rings. The highest BCUT2D eigenvalue weighted by atomic mass is 16.5. The van der Waals surface area contributed by atoms with E-state index in [2.05, 4.69) is 75.5 Å². The second-order valence-electron chi connectivity index (χ2n) is 12.8. The number of ketones is 1. The molecule has 0 aliphatic heterocycles. The van der Waals surface area contributed by atoms with Crippen molar-refractivity contribution in [2.24, 2.45) is 5.73 Å². The summed E-state index contributed by atoms with van der Waals surface area (Å²) < 4.78 is 5.98. The summed E-state index contributed by atoms with van der Waals surface area (Å²) in [6, 6.07) is 29.5. The number of ether oxygens (including phenoxy) is 1. The molecule has 5 heteroatoms. The van der Waals surface area contributed by atoms with Crippen LogP contribution in [0.1, 0.15) is 79.3 Å². The Bertz CT molecular complexity index is 1560. The van der Waals surface area contributed by atoms with Gasteiger partial charge in [-0.2, -0.15) is 0 Å². The van der Waals surface area contributed by atoms with E-state index in [-0.39, 0.29) is 18.1 Å². The molecule has 2 atom stereocenters. The number of carbonyl (C=O) groups is 2. The molecule has 0 heterocycles. The summed E-state index contributed by atoms with van der Waals surface area (Å²) in [6.07, 6.45) is 7.20. The molecule has 47 heavy (non-hydrogen) atoms. The van der Waals surface area contributed by atoms with E-state index < -0.39 is 12.1 Å². The largest absolute Gasteiger partial charge is 0.494 e. The summed E-state index contributed by atoms with van der Waals surface area (Å²) in [5.41, 5.74) is 15.6. The van der Waals surface area contributed by atoms with Crippen LogP contribution in [-0.4, -0.2) is 30.4 Å². The number of hydrogen-bond acceptors (Lipinski definition) is 4. The Kier molecular flexibility index (Phi) is 13.8. The van der Waals surface area contributed by atoms with Crippen molar-refractivity contribution in [2.75, 3.05) is 6.61 Å². The van der Waals surface area contributed by atoms with Gasteiger partial charge in [0.05, 0.1) is 18.7 Å². The molecule has 0 aromatic heterocycles. The Labute approximate surface area is 281 Å². The van der Waals surface area contributed by atoms with Gasteiger partial charge in [0, 0.05) is 6.42 Å². The zero-order chi connectivity index (χ0) is 33.6. The smallest absolute Gasteiger partial charge is 0.237 e. The molecule has 0 saturated heterocycles. The zero-order valence-corrected chi connectivity index (χ0v) is 28.7. The maximum Gasteiger partial charge on any atom is 0.237 e. The second-order valence-corrected chi connectivity index (χ2v) is 12.8. The fourth-order valence-corrected chi connectivity index (χ4v) is 6.18. The van der Waals surface area contributed by atoms with Gasteiger partial charge < -0.3 is 15.8 Å². The molecule has 4 aromatic rings. The summed E-state index contributed by atoms with van der Waals surface area (Å²) in [5.74, 6) is 0.626. The molecule has 5 nitrogen and oxygen atoms in total. The van der Waals surface area contributed by atoms with Crippen LogP contribution < -0.4 is 15.8 Å². The van der Waals surface area contributed by atoms with Crippen LogP contribution in [0.25, 0.3) is 11.1 Å². The van der Waals surface area contributed by atoms with Crippen molar-refractivity contribution >= 4 is 11.7 Å². The molecule has 0 unspecified atom stereocenters. The van der Waals surface area contributed by atoms with Crippen LogP contribution in [0.2, 0.25) is 0 Å². The molecule has 0 aliphatic carbocycles. The van der Waals surface area contributed by atoms with Crippen LogP contribution in [-0.2, 0) is 35.3 Å². The van der Waals surface area contributed by atoms with E-state index in [0.29, 0.717) is 12.8 Å². The summed E-state index contributed by atoms with van der Waals surface area (Å²) >= 11 is 0. The predicted octanol–water partition coefficient (Wildman–Crippen LogP) is 8.29. The molecule has 1 amide bonds. The third-order valence-electron chi connectivity index (χ3n) is 8.70. The lowest BCUT2D eigenvalue weighted by atomic mass is 9.95. The third-order valence-corrected chi connectivity index (χ3v) is 8.70. The van der Waals surface area contributed by atoms with Crippen molar-refractivity contribution in [1.82, 2.24) is 5.32 Å². The lowest BCUT2D eigenvalue weighted by Crippen LogP contribution is -2.49. The maximum atomic E-state index is 13.4. The summed E-state index contributed by atoms with van der Waals surface area (Å²) in [7, 11) is 0. The number of hydrogen-bond donors (Lipinski definition) is 2. The lowest BCUT2D eigenvalue weighted by Gasteiger charge is -2.21. The third kappa shape index (κ3) is 11.2. The summed E-state index contributed by atoms with van der Waals surface area (Å²) in [6.45, 7) is 9.30. The molecule has 0 fully saturated rings. The molecule has 0 bridgehead atoms. The van der Waals surface area contributed by atoms with Crippen LogP contribution in [0, 0.1) is 13.8 Å². The normalized spacial score (nSPS) is 12.4. The Morgan fingerprint density at radius 1 is 0.787 bits per heavy atom. The van der Waals surface area contributed by atoms with E-state index >= 15 is 0 Å². The van der Waals surface area contributed by atoms with E-state index in [1.165, 1.54) is 40.7 Å². The number of amides is 1. The van der Waals surface area contributed by atoms with Gasteiger partial charge in [-0.1, -0.05) is 117 Å². The van der Waals surface area contributed by atoms with E-state index in [0.717, 1.165) is 54.7 Å². The van der Waals surface area contributed by atoms with Crippen molar-refractivity contribution in [2.45, 2.75) is 97.6 Å². The molecule has 3 N–H and O–H groups in total. The van der Waals surface area contributed by atoms with Crippen molar-refractivity contribution in [3.63, 3.8) is 0 Å². The number of nitrogens with one attached hydrogen (secondary N) is 1. The minimum Gasteiger partial charge on any atom is -0.494 e. The number of Topliss-reactive ketones (excluding diaryl/α,β-unsaturated/α-hetero) is 1. The predicted molar refractivity (Wildman–Crippen MR) is 194 cm³/mol. The van der Waals surface area contributed by atoms with Crippen molar-refractivity contribution in [1.29, 1.82) is 0 Å². The van der Waals surface area contributed by atoms with Crippen LogP contribution in [0.3, 0.4) is 0 Å². The van der Waals surface area contributed by atoms with Crippen molar-refractivity contribution in [3.05, 3.63) is 124 Å². The summed E-state index contributed by atoms with van der Waals surface area (Å²) in [5, 5.41) is 3.02. The van der Waals surface area contributed by atoms with Gasteiger partial charge in [-0.3, -0.25) is 9.59 Å². The Morgan fingerprint density at radius 2 is 1.51 bits per heavy atom. The highest BCUT2D eigenvalue weighted by Crippen LogP contribution is 2.29. The number of aryl methyl sites for hydroxylation is 4. The van der Waals surface area contributed by atoms with Crippen LogP contribution in [0.5, 0.6) is 5.75 Å². The average Bonchev–Trinajstić information content (AvgIpc) is 3.06. The molecule has 0 saturated carbocycles. The van der Waals surface area contributed by atoms with Gasteiger partial charge in [0.2, 0.25) is 5.91 Å². The molecule has 248 valence electrons. The highest BCUT2D eigenvalue weighted by Gasteiger charge is 2.24. The average molecular weight is 633 g/mol. The monoisotopic (exact) mass is 632 g/mol. The van der Waals surface area contributed by atoms with Crippen molar-refractivity contribution in [3.8, 4) is 16.9 Å². The minimum atomic E-state index is -0.761. The van der Waals surface area contributed by atoms with Gasteiger partial charge in [0.15, 0.2) is 5.78 Å². The molecule has 4 aromatic carbocycles. The fraction of sp³-hybridized carbons (Fsp3) is 0.381. The zero-order valence-electron chi connectivity index (χ0n) is 28.7. The molecule has 0 spiro atoms. The second kappa shape index (κ2) is 18.2. The first-order valence-corrected chi connectivity index (χ1v) is 17.3. The maximum absolute atomic E-state index is 13.4. The van der Waals surface area contributed by atoms with Crippen LogP contribution in [0.15, 0.2) is 91.0 Å². The van der Waals surface area contributed by atoms with Gasteiger partial charge in [-0.25, -0.2) is 0 Å².